The zero-order valence-electron chi connectivity index (χ0n) is 20.1. The maximum absolute atomic E-state index is 12.7. The second kappa shape index (κ2) is 10.1. The van der Waals surface area contributed by atoms with Gasteiger partial charge in [0.1, 0.15) is 5.75 Å². The number of carbonyl (C=O) groups is 1. The van der Waals surface area contributed by atoms with E-state index >= 15 is 0 Å². The number of thiazole rings is 1. The van der Waals surface area contributed by atoms with Crippen LogP contribution in [0.2, 0.25) is 0 Å². The van der Waals surface area contributed by atoms with Gasteiger partial charge in [-0.25, -0.2) is 9.97 Å². The van der Waals surface area contributed by atoms with Crippen LogP contribution in [0.15, 0.2) is 36.4 Å². The number of aliphatic hydroxyl groups is 1. The molecule has 0 radical (unpaired) electrons. The van der Waals surface area contributed by atoms with Crippen LogP contribution in [0.25, 0.3) is 21.3 Å². The second-order valence-corrected chi connectivity index (χ2v) is 10.5. The average Bonchev–Trinajstić information content (AvgIpc) is 3.35. The number of rotatable bonds is 10. The summed E-state index contributed by atoms with van der Waals surface area (Å²) in [6.45, 7) is 4.13. The van der Waals surface area contributed by atoms with Gasteiger partial charge in [-0.1, -0.05) is 31.6 Å². The molecule has 0 aliphatic heterocycles. The number of ether oxygens (including phenoxy) is 1. The van der Waals surface area contributed by atoms with E-state index in [1.807, 2.05) is 31.5 Å². The summed E-state index contributed by atoms with van der Waals surface area (Å²) < 4.78 is 43.9. The minimum atomic E-state index is -4.76. The van der Waals surface area contributed by atoms with Crippen LogP contribution < -0.4 is 10.1 Å². The van der Waals surface area contributed by atoms with Crippen molar-refractivity contribution >= 4 is 49.4 Å². The highest BCUT2D eigenvalue weighted by Gasteiger charge is 2.31. The third-order valence-corrected chi connectivity index (χ3v) is 6.88. The third-order valence-electron chi connectivity index (χ3n) is 5.95. The van der Waals surface area contributed by atoms with Crippen molar-refractivity contribution in [1.82, 2.24) is 14.5 Å². The monoisotopic (exact) mass is 520 g/mol. The standard InChI is InChI=1S/C25H27F3N4O3S/c1-24(2,14-33)11-5-4-6-20(34)15-7-10-19-18(12-15)29-22(32(19)3)31-23-30-17-9-8-16(13-21(17)36-23)35-25(26,27)28/h7-10,12-13,33H,4-6,11,14H2,1-3H3,(H,29,30,31). The molecule has 0 saturated carbocycles. The summed E-state index contributed by atoms with van der Waals surface area (Å²) >= 11 is 1.18. The zero-order chi connectivity index (χ0) is 26.1. The maximum Gasteiger partial charge on any atom is 0.573 e. The minimum absolute atomic E-state index is 0.0434. The minimum Gasteiger partial charge on any atom is -0.406 e. The van der Waals surface area contributed by atoms with Gasteiger partial charge in [-0.3, -0.25) is 4.79 Å². The first-order valence-electron chi connectivity index (χ1n) is 11.5. The molecule has 0 aliphatic rings. The van der Waals surface area contributed by atoms with E-state index in [-0.39, 0.29) is 23.6 Å². The van der Waals surface area contributed by atoms with Gasteiger partial charge in [-0.15, -0.1) is 13.2 Å². The number of halogens is 3. The molecule has 0 atom stereocenters. The lowest BCUT2D eigenvalue weighted by Crippen LogP contribution is -2.16. The fourth-order valence-corrected chi connectivity index (χ4v) is 4.74. The highest BCUT2D eigenvalue weighted by molar-refractivity contribution is 7.22. The van der Waals surface area contributed by atoms with Crippen molar-refractivity contribution < 1.29 is 27.8 Å². The number of hydrogen-bond acceptors (Lipinski definition) is 7. The molecule has 2 aromatic carbocycles. The van der Waals surface area contributed by atoms with Gasteiger partial charge in [0.15, 0.2) is 10.9 Å². The van der Waals surface area contributed by atoms with E-state index in [0.29, 0.717) is 38.8 Å². The molecule has 36 heavy (non-hydrogen) atoms. The lowest BCUT2D eigenvalue weighted by atomic mass is 9.87. The summed E-state index contributed by atoms with van der Waals surface area (Å²) in [5.41, 5.74) is 2.45. The van der Waals surface area contributed by atoms with Gasteiger partial charge in [0.2, 0.25) is 5.95 Å². The number of fused-ring (bicyclic) bond motifs is 2. The largest absolute Gasteiger partial charge is 0.573 e. The summed E-state index contributed by atoms with van der Waals surface area (Å²) in [7, 11) is 1.82. The van der Waals surface area contributed by atoms with Gasteiger partial charge in [0.05, 0.1) is 21.3 Å². The van der Waals surface area contributed by atoms with E-state index < -0.39 is 6.36 Å². The molecule has 0 amide bonds. The molecule has 0 fully saturated rings. The predicted octanol–water partition coefficient (Wildman–Crippen LogP) is 6.59. The van der Waals surface area contributed by atoms with Crippen molar-refractivity contribution in [2.24, 2.45) is 12.5 Å². The number of aromatic nitrogens is 3. The number of alkyl halides is 3. The van der Waals surface area contributed by atoms with Gasteiger partial charge >= 0.3 is 6.36 Å². The molecule has 7 nitrogen and oxygen atoms in total. The fourth-order valence-electron chi connectivity index (χ4n) is 3.85. The SMILES string of the molecule is Cn1c(Nc2nc3ccc(OC(F)(F)F)cc3s2)nc2cc(C(=O)CCCCC(C)(C)CO)ccc21. The van der Waals surface area contributed by atoms with Crippen molar-refractivity contribution in [3.8, 4) is 5.75 Å². The molecule has 0 unspecified atom stereocenters. The van der Waals surface area contributed by atoms with Crippen molar-refractivity contribution in [3.05, 3.63) is 42.0 Å². The molecule has 0 bridgehead atoms. The van der Waals surface area contributed by atoms with Crippen LogP contribution in [0.4, 0.5) is 24.3 Å². The number of benzene rings is 2. The van der Waals surface area contributed by atoms with Gasteiger partial charge in [-0.2, -0.15) is 0 Å². The highest BCUT2D eigenvalue weighted by atomic mass is 32.1. The molecular weight excluding hydrogens is 493 g/mol. The number of imidazole rings is 1. The molecular formula is C25H27F3N4O3S. The van der Waals surface area contributed by atoms with Gasteiger partial charge < -0.3 is 19.7 Å². The molecule has 0 saturated heterocycles. The van der Waals surface area contributed by atoms with Crippen LogP contribution in [0.3, 0.4) is 0 Å². The molecule has 2 N–H and O–H groups in total. The van der Waals surface area contributed by atoms with Gasteiger partial charge in [-0.05, 0) is 48.6 Å². The number of aliphatic hydroxyl groups excluding tert-OH is 1. The molecule has 0 aliphatic carbocycles. The van der Waals surface area contributed by atoms with Crippen LogP contribution in [0.5, 0.6) is 5.75 Å². The third kappa shape index (κ3) is 6.14. The lowest BCUT2D eigenvalue weighted by Gasteiger charge is -2.20. The van der Waals surface area contributed by atoms with E-state index in [1.165, 1.54) is 29.5 Å². The Morgan fingerprint density at radius 3 is 2.61 bits per heavy atom. The number of carbonyl (C=O) groups excluding carboxylic acids is 1. The molecule has 2 aromatic heterocycles. The van der Waals surface area contributed by atoms with Gasteiger partial charge in [0, 0.05) is 31.7 Å². The van der Waals surface area contributed by atoms with Crippen molar-refractivity contribution in [1.29, 1.82) is 0 Å². The summed E-state index contributed by atoms with van der Waals surface area (Å²) in [6, 6.07) is 9.38. The Hall–Kier alpha value is -3.18. The summed E-state index contributed by atoms with van der Waals surface area (Å²) in [5, 5.41) is 12.9. The van der Waals surface area contributed by atoms with Crippen molar-refractivity contribution in [2.45, 2.75) is 45.9 Å². The van der Waals surface area contributed by atoms with E-state index in [4.69, 9.17) is 0 Å². The molecule has 11 heteroatoms. The number of hydrogen-bond donors (Lipinski definition) is 2. The number of ketones is 1. The number of aryl methyl sites for hydroxylation is 1. The van der Waals surface area contributed by atoms with Crippen molar-refractivity contribution in [2.75, 3.05) is 11.9 Å². The number of nitrogens with one attached hydrogen (secondary N) is 1. The first-order valence-corrected chi connectivity index (χ1v) is 12.3. The topological polar surface area (TPSA) is 89.3 Å². The Balaban J connectivity index is 1.46. The Morgan fingerprint density at radius 2 is 1.89 bits per heavy atom. The van der Waals surface area contributed by atoms with Crippen LogP contribution in [-0.2, 0) is 7.05 Å². The van der Waals surface area contributed by atoms with Crippen LogP contribution >= 0.6 is 11.3 Å². The Morgan fingerprint density at radius 1 is 1.11 bits per heavy atom. The van der Waals surface area contributed by atoms with Crippen molar-refractivity contribution in [3.63, 3.8) is 0 Å². The highest BCUT2D eigenvalue weighted by Crippen LogP contribution is 2.33. The van der Waals surface area contributed by atoms with E-state index in [2.05, 4.69) is 20.0 Å². The number of Topliss-reactive ketones (excluding diaryl/α,β-unsaturated/α-hetero) is 1. The summed E-state index contributed by atoms with van der Waals surface area (Å²) in [6.07, 6.45) is -1.86. The van der Waals surface area contributed by atoms with Gasteiger partial charge in [0.25, 0.3) is 0 Å². The Labute approximate surface area is 209 Å². The van der Waals surface area contributed by atoms with E-state index in [1.54, 1.807) is 12.1 Å². The molecule has 4 rings (SSSR count). The Kier molecular flexibility index (Phi) is 7.24. The van der Waals surface area contributed by atoms with Crippen LogP contribution in [-0.4, -0.2) is 38.4 Å². The first-order chi connectivity index (χ1) is 16.9. The smallest absolute Gasteiger partial charge is 0.406 e. The molecule has 2 heterocycles. The number of anilines is 2. The summed E-state index contributed by atoms with van der Waals surface area (Å²) in [4.78, 5) is 21.7. The number of unbranched alkanes of at least 4 members (excludes halogenated alkanes) is 1. The Bertz CT molecular complexity index is 1390. The predicted molar refractivity (Wildman–Crippen MR) is 134 cm³/mol. The maximum atomic E-state index is 12.7. The van der Waals surface area contributed by atoms with E-state index in [0.717, 1.165) is 24.8 Å². The van der Waals surface area contributed by atoms with Crippen LogP contribution in [0, 0.1) is 5.41 Å². The fraction of sp³-hybridized carbons (Fsp3) is 0.400. The van der Waals surface area contributed by atoms with E-state index in [9.17, 15) is 23.1 Å². The molecule has 4 aromatic rings. The molecule has 0 spiro atoms. The molecule has 192 valence electrons. The zero-order valence-corrected chi connectivity index (χ0v) is 21.0. The normalized spacial score (nSPS) is 12.4. The summed E-state index contributed by atoms with van der Waals surface area (Å²) in [5.74, 6) is 0.232. The lowest BCUT2D eigenvalue weighted by molar-refractivity contribution is -0.274. The number of nitrogens with zero attached hydrogens (tertiary/aromatic N) is 3. The van der Waals surface area contributed by atoms with Crippen LogP contribution in [0.1, 0.15) is 49.9 Å². The quantitative estimate of drug-likeness (QED) is 0.181. The second-order valence-electron chi connectivity index (χ2n) is 9.47. The average molecular weight is 521 g/mol. The first kappa shape index (κ1) is 25.9.